The van der Waals surface area contributed by atoms with Crippen LogP contribution in [0.1, 0.15) is 25.1 Å². The Balaban J connectivity index is 1.67. The van der Waals surface area contributed by atoms with Gasteiger partial charge in [0.15, 0.2) is 0 Å². The van der Waals surface area contributed by atoms with Gasteiger partial charge in [0.05, 0.1) is 17.1 Å². The van der Waals surface area contributed by atoms with E-state index in [1.807, 2.05) is 11.0 Å². The summed E-state index contributed by atoms with van der Waals surface area (Å²) in [5, 5.41) is 1.74. The lowest BCUT2D eigenvalue weighted by atomic mass is 10.0. The fourth-order valence-corrected chi connectivity index (χ4v) is 3.92. The van der Waals surface area contributed by atoms with Crippen molar-refractivity contribution in [3.63, 3.8) is 0 Å². The molecule has 0 aliphatic carbocycles. The minimum atomic E-state index is -4.51. The number of amides is 1. The predicted octanol–water partition coefficient (Wildman–Crippen LogP) is 3.19. The number of alkyl halides is 3. The number of hydrogen-bond donors (Lipinski definition) is 1. The van der Waals surface area contributed by atoms with Crippen molar-refractivity contribution in [3.8, 4) is 0 Å². The van der Waals surface area contributed by atoms with Crippen LogP contribution in [0.2, 0.25) is 0 Å². The third-order valence-electron chi connectivity index (χ3n) is 5.33. The molecule has 154 valence electrons. The molecule has 3 aromatic rings. The van der Waals surface area contributed by atoms with Crippen molar-refractivity contribution in [2.24, 2.45) is 0 Å². The maximum absolute atomic E-state index is 12.6. The standard InChI is InChI=1S/C19H21F3N6O/c1-11-25-14-9-24-17-13(5-6-23-17)16(14)18(26-11)28-7-3-4-12(10-28)27(2)15(29)8-19(20,21)22/h5-6,9,12H,3-4,7-8,10H2,1-2H3,(H,23,24). The third-order valence-corrected chi connectivity index (χ3v) is 5.33. The summed E-state index contributed by atoms with van der Waals surface area (Å²) in [6.45, 7) is 2.92. The number of H-pyrrole nitrogens is 1. The van der Waals surface area contributed by atoms with Crippen LogP contribution in [0, 0.1) is 6.92 Å². The van der Waals surface area contributed by atoms with Gasteiger partial charge in [-0.15, -0.1) is 0 Å². The van der Waals surface area contributed by atoms with Gasteiger partial charge >= 0.3 is 6.18 Å². The molecule has 0 bridgehead atoms. The van der Waals surface area contributed by atoms with Crippen LogP contribution in [0.15, 0.2) is 18.5 Å². The number of likely N-dealkylation sites (N-methyl/N-ethyl adjacent to an activating group) is 1. The summed E-state index contributed by atoms with van der Waals surface area (Å²) in [4.78, 5) is 31.9. The molecule has 1 N–H and O–H groups in total. The van der Waals surface area contributed by atoms with E-state index in [4.69, 9.17) is 0 Å². The molecule has 1 aliphatic rings. The number of carbonyl (C=O) groups is 1. The van der Waals surface area contributed by atoms with Gasteiger partial charge in [0, 0.05) is 37.8 Å². The van der Waals surface area contributed by atoms with E-state index >= 15 is 0 Å². The van der Waals surface area contributed by atoms with Crippen LogP contribution in [0.5, 0.6) is 0 Å². The number of carbonyl (C=O) groups excluding carboxylic acids is 1. The number of halogens is 3. The summed E-state index contributed by atoms with van der Waals surface area (Å²) < 4.78 is 37.9. The molecule has 0 saturated carbocycles. The van der Waals surface area contributed by atoms with Crippen LogP contribution < -0.4 is 4.90 Å². The number of fused-ring (bicyclic) bond motifs is 3. The number of aryl methyl sites for hydroxylation is 1. The van der Waals surface area contributed by atoms with Gasteiger partial charge in [-0.05, 0) is 25.8 Å². The molecule has 3 aromatic heterocycles. The Morgan fingerprint density at radius 1 is 1.38 bits per heavy atom. The summed E-state index contributed by atoms with van der Waals surface area (Å²) >= 11 is 0. The van der Waals surface area contributed by atoms with Crippen LogP contribution in [-0.4, -0.2) is 63.1 Å². The van der Waals surface area contributed by atoms with E-state index in [1.165, 1.54) is 11.9 Å². The average molecular weight is 406 g/mol. The van der Waals surface area contributed by atoms with Crippen molar-refractivity contribution in [2.45, 2.75) is 38.4 Å². The zero-order valence-electron chi connectivity index (χ0n) is 16.1. The number of hydrogen-bond acceptors (Lipinski definition) is 5. The molecule has 0 radical (unpaired) electrons. The molecular formula is C19H21F3N6O. The van der Waals surface area contributed by atoms with Crippen molar-refractivity contribution < 1.29 is 18.0 Å². The molecule has 4 rings (SSSR count). The molecule has 1 amide bonds. The normalized spacial score (nSPS) is 17.8. The van der Waals surface area contributed by atoms with Crippen LogP contribution >= 0.6 is 0 Å². The summed E-state index contributed by atoms with van der Waals surface area (Å²) in [5.41, 5.74) is 1.43. The van der Waals surface area contributed by atoms with E-state index in [0.29, 0.717) is 30.9 Å². The van der Waals surface area contributed by atoms with Gasteiger partial charge in [0.25, 0.3) is 0 Å². The predicted molar refractivity (Wildman–Crippen MR) is 103 cm³/mol. The van der Waals surface area contributed by atoms with Crippen molar-refractivity contribution in [3.05, 3.63) is 24.3 Å². The van der Waals surface area contributed by atoms with E-state index in [-0.39, 0.29) is 6.04 Å². The van der Waals surface area contributed by atoms with Crippen molar-refractivity contribution in [2.75, 3.05) is 25.0 Å². The molecule has 1 saturated heterocycles. The van der Waals surface area contributed by atoms with Gasteiger partial charge in [-0.1, -0.05) is 0 Å². The summed E-state index contributed by atoms with van der Waals surface area (Å²) in [6.07, 6.45) is -1.06. The fraction of sp³-hybridized carbons (Fsp3) is 0.474. The Kier molecular flexibility index (Phi) is 4.79. The number of aromatic nitrogens is 4. The number of nitrogens with zero attached hydrogens (tertiary/aromatic N) is 5. The molecule has 29 heavy (non-hydrogen) atoms. The number of pyridine rings is 1. The van der Waals surface area contributed by atoms with Crippen LogP contribution in [0.4, 0.5) is 19.0 Å². The Morgan fingerprint density at radius 3 is 2.93 bits per heavy atom. The lowest BCUT2D eigenvalue weighted by Gasteiger charge is -2.38. The number of anilines is 1. The van der Waals surface area contributed by atoms with Crippen LogP contribution in [0.3, 0.4) is 0 Å². The van der Waals surface area contributed by atoms with Gasteiger partial charge in [-0.3, -0.25) is 4.79 Å². The summed E-state index contributed by atoms with van der Waals surface area (Å²) in [6, 6.07) is 1.60. The van der Waals surface area contributed by atoms with Crippen molar-refractivity contribution in [1.82, 2.24) is 24.8 Å². The van der Waals surface area contributed by atoms with Gasteiger partial charge in [0.2, 0.25) is 5.91 Å². The highest BCUT2D eigenvalue weighted by molar-refractivity contribution is 6.09. The second-order valence-electron chi connectivity index (χ2n) is 7.39. The van der Waals surface area contributed by atoms with E-state index in [0.717, 1.165) is 28.7 Å². The molecule has 0 spiro atoms. The molecule has 7 nitrogen and oxygen atoms in total. The molecule has 1 unspecified atom stereocenters. The topological polar surface area (TPSA) is 78.0 Å². The number of aromatic amines is 1. The number of nitrogens with one attached hydrogen (secondary N) is 1. The molecule has 10 heteroatoms. The maximum atomic E-state index is 12.6. The average Bonchev–Trinajstić information content (AvgIpc) is 3.14. The van der Waals surface area contributed by atoms with Gasteiger partial charge in [0.1, 0.15) is 23.7 Å². The van der Waals surface area contributed by atoms with E-state index < -0.39 is 18.5 Å². The third kappa shape index (κ3) is 3.83. The van der Waals surface area contributed by atoms with E-state index in [9.17, 15) is 18.0 Å². The molecule has 4 heterocycles. The Labute approximate surface area is 164 Å². The summed E-state index contributed by atoms with van der Waals surface area (Å²) in [7, 11) is 1.44. The second kappa shape index (κ2) is 7.16. The van der Waals surface area contributed by atoms with Gasteiger partial charge < -0.3 is 14.8 Å². The number of piperidine rings is 1. The fourth-order valence-electron chi connectivity index (χ4n) is 3.92. The van der Waals surface area contributed by atoms with Gasteiger partial charge in [-0.2, -0.15) is 13.2 Å². The zero-order chi connectivity index (χ0) is 20.8. The first-order valence-corrected chi connectivity index (χ1v) is 9.41. The molecule has 1 aliphatic heterocycles. The monoisotopic (exact) mass is 406 g/mol. The quantitative estimate of drug-likeness (QED) is 0.723. The lowest BCUT2D eigenvalue weighted by Crippen LogP contribution is -2.49. The molecular weight excluding hydrogens is 385 g/mol. The highest BCUT2D eigenvalue weighted by Gasteiger charge is 2.35. The number of rotatable bonds is 3. The zero-order valence-corrected chi connectivity index (χ0v) is 16.1. The van der Waals surface area contributed by atoms with E-state index in [2.05, 4.69) is 19.9 Å². The van der Waals surface area contributed by atoms with Gasteiger partial charge in [-0.25, -0.2) is 15.0 Å². The van der Waals surface area contributed by atoms with Crippen LogP contribution in [-0.2, 0) is 4.79 Å². The highest BCUT2D eigenvalue weighted by atomic mass is 19.4. The maximum Gasteiger partial charge on any atom is 0.397 e. The summed E-state index contributed by atoms with van der Waals surface area (Å²) in [5.74, 6) is 0.402. The second-order valence-corrected chi connectivity index (χ2v) is 7.39. The van der Waals surface area contributed by atoms with E-state index in [1.54, 1.807) is 19.3 Å². The largest absolute Gasteiger partial charge is 0.397 e. The molecule has 1 fully saturated rings. The first kappa shape index (κ1) is 19.4. The smallest absolute Gasteiger partial charge is 0.354 e. The molecule has 1 atom stereocenters. The minimum Gasteiger partial charge on any atom is -0.354 e. The lowest BCUT2D eigenvalue weighted by molar-refractivity contribution is -0.162. The Hall–Kier alpha value is -2.91. The highest BCUT2D eigenvalue weighted by Crippen LogP contribution is 2.32. The van der Waals surface area contributed by atoms with Crippen molar-refractivity contribution >= 4 is 33.7 Å². The SMILES string of the molecule is Cc1nc(N2CCCC(N(C)C(=O)CC(F)(F)F)C2)c2c(cnc3[nH]ccc32)n1. The first-order valence-electron chi connectivity index (χ1n) is 9.41. The Morgan fingerprint density at radius 2 is 2.17 bits per heavy atom. The van der Waals surface area contributed by atoms with Crippen LogP contribution in [0.25, 0.3) is 21.9 Å². The molecule has 0 aromatic carbocycles. The Bertz CT molecular complexity index is 1060. The van der Waals surface area contributed by atoms with Crippen molar-refractivity contribution in [1.29, 1.82) is 0 Å². The minimum absolute atomic E-state index is 0.313. The first-order chi connectivity index (χ1) is 13.7.